The van der Waals surface area contributed by atoms with Gasteiger partial charge in [-0.05, 0) is 43.3 Å². The molecule has 2 amide bonds. The molecule has 0 spiro atoms. The smallest absolute Gasteiger partial charge is 0.325 e. The van der Waals surface area contributed by atoms with E-state index >= 15 is 0 Å². The molecule has 0 saturated heterocycles. The average Bonchev–Trinajstić information content (AvgIpc) is 3.11. The lowest BCUT2D eigenvalue weighted by Gasteiger charge is -2.09. The Bertz CT molecular complexity index is 878. The van der Waals surface area contributed by atoms with Crippen LogP contribution in [0.15, 0.2) is 53.9 Å². The van der Waals surface area contributed by atoms with Gasteiger partial charge < -0.3 is 14.8 Å². The Balaban J connectivity index is 1.65. The van der Waals surface area contributed by atoms with Crippen LogP contribution in [0.5, 0.6) is 11.5 Å². The minimum atomic E-state index is -0.373. The predicted molar refractivity (Wildman–Crippen MR) is 104 cm³/mol. The van der Waals surface area contributed by atoms with E-state index in [0.717, 1.165) is 17.0 Å². The molecule has 0 fully saturated rings. The van der Waals surface area contributed by atoms with Gasteiger partial charge in [-0.15, -0.1) is 11.3 Å². The molecule has 0 aliphatic heterocycles. The minimum Gasteiger partial charge on any atom is -0.495 e. The van der Waals surface area contributed by atoms with E-state index in [1.807, 2.05) is 48.7 Å². The van der Waals surface area contributed by atoms with Crippen molar-refractivity contribution in [1.82, 2.24) is 4.98 Å². The standard InChI is InChI=1S/C19H19N3O3S/c1-3-25-14-10-8-13(9-11-14)16-12-26-19(21-16)22-18(23)20-15-6-4-5-7-17(15)24-2/h4-12H,3H2,1-2H3,(H2,20,21,22,23). The number of anilines is 2. The number of ether oxygens (including phenoxy) is 2. The summed E-state index contributed by atoms with van der Waals surface area (Å²) in [4.78, 5) is 16.6. The molecule has 0 saturated carbocycles. The zero-order valence-electron chi connectivity index (χ0n) is 14.5. The number of rotatable bonds is 6. The zero-order valence-corrected chi connectivity index (χ0v) is 15.3. The average molecular weight is 369 g/mol. The molecule has 1 heterocycles. The fraction of sp³-hybridized carbons (Fsp3) is 0.158. The van der Waals surface area contributed by atoms with Crippen LogP contribution in [-0.2, 0) is 0 Å². The van der Waals surface area contributed by atoms with E-state index in [-0.39, 0.29) is 6.03 Å². The van der Waals surface area contributed by atoms with Crippen LogP contribution in [-0.4, -0.2) is 24.7 Å². The number of urea groups is 1. The van der Waals surface area contributed by atoms with E-state index in [9.17, 15) is 4.79 Å². The molecule has 2 N–H and O–H groups in total. The van der Waals surface area contributed by atoms with Gasteiger partial charge in [-0.25, -0.2) is 9.78 Å². The molecule has 0 unspecified atom stereocenters. The van der Waals surface area contributed by atoms with Crippen LogP contribution in [0.4, 0.5) is 15.6 Å². The van der Waals surface area contributed by atoms with Crippen molar-refractivity contribution in [2.45, 2.75) is 6.92 Å². The van der Waals surface area contributed by atoms with Crippen molar-refractivity contribution in [3.63, 3.8) is 0 Å². The first kappa shape index (κ1) is 17.8. The Kier molecular flexibility index (Phi) is 5.70. The second kappa shape index (κ2) is 8.35. The number of thiazole rings is 1. The second-order valence-electron chi connectivity index (χ2n) is 5.27. The lowest BCUT2D eigenvalue weighted by molar-refractivity contribution is 0.262. The number of methoxy groups -OCH3 is 1. The summed E-state index contributed by atoms with van der Waals surface area (Å²) < 4.78 is 10.7. The molecule has 1 aromatic heterocycles. The van der Waals surface area contributed by atoms with E-state index < -0.39 is 0 Å². The molecule has 0 aliphatic rings. The highest BCUT2D eigenvalue weighted by atomic mass is 32.1. The van der Waals surface area contributed by atoms with E-state index in [1.54, 1.807) is 19.2 Å². The van der Waals surface area contributed by atoms with Gasteiger partial charge in [-0.3, -0.25) is 5.32 Å². The van der Waals surface area contributed by atoms with Crippen molar-refractivity contribution in [1.29, 1.82) is 0 Å². The van der Waals surface area contributed by atoms with Crippen LogP contribution in [0.3, 0.4) is 0 Å². The zero-order chi connectivity index (χ0) is 18.4. The quantitative estimate of drug-likeness (QED) is 0.651. The minimum absolute atomic E-state index is 0.373. The van der Waals surface area contributed by atoms with E-state index in [4.69, 9.17) is 9.47 Å². The van der Waals surface area contributed by atoms with Gasteiger partial charge in [0.05, 0.1) is 25.1 Å². The van der Waals surface area contributed by atoms with Gasteiger partial charge in [-0.1, -0.05) is 12.1 Å². The molecule has 0 radical (unpaired) electrons. The van der Waals surface area contributed by atoms with Gasteiger partial charge in [0.2, 0.25) is 0 Å². The summed E-state index contributed by atoms with van der Waals surface area (Å²) in [5.41, 5.74) is 2.35. The fourth-order valence-electron chi connectivity index (χ4n) is 2.35. The molecule has 0 bridgehead atoms. The predicted octanol–water partition coefficient (Wildman–Crippen LogP) is 4.86. The van der Waals surface area contributed by atoms with Crippen molar-refractivity contribution in [3.8, 4) is 22.8 Å². The number of amides is 2. The van der Waals surface area contributed by atoms with Crippen LogP contribution in [0, 0.1) is 0 Å². The van der Waals surface area contributed by atoms with E-state index in [2.05, 4.69) is 15.6 Å². The maximum Gasteiger partial charge on any atom is 0.325 e. The van der Waals surface area contributed by atoms with Crippen LogP contribution < -0.4 is 20.1 Å². The highest BCUT2D eigenvalue weighted by molar-refractivity contribution is 7.14. The molecule has 0 aliphatic carbocycles. The number of hydrogen-bond donors (Lipinski definition) is 2. The first-order chi connectivity index (χ1) is 12.7. The number of para-hydroxylation sites is 2. The van der Waals surface area contributed by atoms with Gasteiger partial charge in [0.25, 0.3) is 0 Å². The van der Waals surface area contributed by atoms with Crippen molar-refractivity contribution < 1.29 is 14.3 Å². The van der Waals surface area contributed by atoms with Gasteiger partial charge in [0.1, 0.15) is 11.5 Å². The van der Waals surface area contributed by atoms with Crippen LogP contribution >= 0.6 is 11.3 Å². The number of aromatic nitrogens is 1. The Morgan fingerprint density at radius 1 is 1.12 bits per heavy atom. The maximum atomic E-state index is 12.2. The molecule has 3 rings (SSSR count). The number of hydrogen-bond acceptors (Lipinski definition) is 5. The summed E-state index contributed by atoms with van der Waals surface area (Å²) in [6, 6.07) is 14.5. The summed E-state index contributed by atoms with van der Waals surface area (Å²) in [6.45, 7) is 2.58. The first-order valence-corrected chi connectivity index (χ1v) is 8.97. The maximum absolute atomic E-state index is 12.2. The van der Waals surface area contributed by atoms with Gasteiger partial charge >= 0.3 is 6.03 Å². The van der Waals surface area contributed by atoms with Crippen molar-refractivity contribution in [3.05, 3.63) is 53.9 Å². The number of nitrogens with zero attached hydrogens (tertiary/aromatic N) is 1. The molecular formula is C19H19N3O3S. The third-order valence-corrected chi connectivity index (χ3v) is 4.30. The van der Waals surface area contributed by atoms with Crippen molar-refractivity contribution >= 4 is 28.2 Å². The third kappa shape index (κ3) is 4.31. The van der Waals surface area contributed by atoms with E-state index in [0.29, 0.717) is 23.2 Å². The SMILES string of the molecule is CCOc1ccc(-c2csc(NC(=O)Nc3ccccc3OC)n2)cc1. The van der Waals surface area contributed by atoms with Crippen LogP contribution in [0.1, 0.15) is 6.92 Å². The Hall–Kier alpha value is -3.06. The number of carbonyl (C=O) groups excluding carboxylic acids is 1. The molecule has 26 heavy (non-hydrogen) atoms. The molecule has 3 aromatic rings. The topological polar surface area (TPSA) is 72.5 Å². The summed E-state index contributed by atoms with van der Waals surface area (Å²) >= 11 is 1.36. The van der Waals surface area contributed by atoms with Gasteiger partial charge in [0, 0.05) is 10.9 Å². The first-order valence-electron chi connectivity index (χ1n) is 8.09. The molecular weight excluding hydrogens is 350 g/mol. The number of nitrogens with one attached hydrogen (secondary N) is 2. The fourth-order valence-corrected chi connectivity index (χ4v) is 3.07. The second-order valence-corrected chi connectivity index (χ2v) is 6.13. The Labute approximate surface area is 155 Å². The van der Waals surface area contributed by atoms with Crippen molar-refractivity contribution in [2.24, 2.45) is 0 Å². The molecule has 0 atom stereocenters. The van der Waals surface area contributed by atoms with Crippen molar-refractivity contribution in [2.75, 3.05) is 24.4 Å². The Morgan fingerprint density at radius 3 is 2.62 bits per heavy atom. The number of carbonyl (C=O) groups is 1. The highest BCUT2D eigenvalue weighted by Gasteiger charge is 2.10. The summed E-state index contributed by atoms with van der Waals surface area (Å²) in [5.74, 6) is 1.41. The monoisotopic (exact) mass is 369 g/mol. The molecule has 6 nitrogen and oxygen atoms in total. The highest BCUT2D eigenvalue weighted by Crippen LogP contribution is 2.27. The van der Waals surface area contributed by atoms with Gasteiger partial charge in [-0.2, -0.15) is 0 Å². The largest absolute Gasteiger partial charge is 0.495 e. The van der Waals surface area contributed by atoms with Gasteiger partial charge in [0.15, 0.2) is 5.13 Å². The molecule has 134 valence electrons. The Morgan fingerprint density at radius 2 is 1.88 bits per heavy atom. The summed E-state index contributed by atoms with van der Waals surface area (Å²) in [6.07, 6.45) is 0. The lowest BCUT2D eigenvalue weighted by atomic mass is 10.2. The van der Waals surface area contributed by atoms with Crippen LogP contribution in [0.2, 0.25) is 0 Å². The molecule has 2 aromatic carbocycles. The third-order valence-electron chi connectivity index (χ3n) is 3.54. The lowest BCUT2D eigenvalue weighted by Crippen LogP contribution is -2.19. The number of benzene rings is 2. The summed E-state index contributed by atoms with van der Waals surface area (Å²) in [5, 5.41) is 7.91. The normalized spacial score (nSPS) is 10.2. The molecule has 7 heteroatoms. The van der Waals surface area contributed by atoms with Crippen LogP contribution in [0.25, 0.3) is 11.3 Å². The van der Waals surface area contributed by atoms with E-state index in [1.165, 1.54) is 11.3 Å². The summed E-state index contributed by atoms with van der Waals surface area (Å²) in [7, 11) is 1.56.